The summed E-state index contributed by atoms with van der Waals surface area (Å²) >= 11 is 1.66. The molecule has 0 aliphatic carbocycles. The molecule has 0 saturated heterocycles. The maximum atomic E-state index is 4.79. The minimum Gasteiger partial charge on any atom is -0.293 e. The molecule has 2 aliphatic heterocycles. The number of fused-ring (bicyclic) bond motifs is 1. The number of hydrogen-bond acceptors (Lipinski definition) is 6. The van der Waals surface area contributed by atoms with E-state index < -0.39 is 0 Å². The first-order valence-electron chi connectivity index (χ1n) is 7.86. The van der Waals surface area contributed by atoms with Crippen molar-refractivity contribution in [1.82, 2.24) is 19.9 Å². The molecule has 2 aromatic rings. The van der Waals surface area contributed by atoms with Gasteiger partial charge in [0.05, 0.1) is 22.6 Å². The van der Waals surface area contributed by atoms with Crippen molar-refractivity contribution in [1.29, 1.82) is 0 Å². The second-order valence-corrected chi connectivity index (χ2v) is 6.61. The molecule has 2 aromatic heterocycles. The average Bonchev–Trinajstić information content (AvgIpc) is 3.08. The van der Waals surface area contributed by atoms with Crippen molar-refractivity contribution in [3.63, 3.8) is 0 Å². The number of hydrogen-bond donors (Lipinski definition) is 0. The minimum atomic E-state index is 0.853. The lowest BCUT2D eigenvalue weighted by Crippen LogP contribution is -2.31. The minimum absolute atomic E-state index is 0.853. The molecule has 0 bridgehead atoms. The number of rotatable bonds is 3. The molecule has 4 rings (SSSR count). The molecule has 0 radical (unpaired) electrons. The molecule has 114 valence electrons. The lowest BCUT2D eigenvalue weighted by molar-refractivity contribution is 0.240. The van der Waals surface area contributed by atoms with E-state index in [1.54, 1.807) is 11.3 Å². The maximum Gasteiger partial charge on any atom is 0.173 e. The molecule has 5 nitrogen and oxygen atoms in total. The van der Waals surface area contributed by atoms with Crippen molar-refractivity contribution in [2.75, 3.05) is 13.1 Å². The van der Waals surface area contributed by atoms with Gasteiger partial charge in [-0.1, -0.05) is 0 Å². The third-order valence-electron chi connectivity index (χ3n) is 4.26. The van der Waals surface area contributed by atoms with Crippen molar-refractivity contribution >= 4 is 17.0 Å². The Morgan fingerprint density at radius 3 is 3.00 bits per heavy atom. The van der Waals surface area contributed by atoms with Crippen LogP contribution in [0.3, 0.4) is 0 Å². The topological polar surface area (TPSA) is 54.3 Å². The van der Waals surface area contributed by atoms with E-state index in [1.807, 2.05) is 11.7 Å². The number of aromatic nitrogens is 3. The predicted octanol–water partition coefficient (Wildman–Crippen LogP) is 2.46. The third kappa shape index (κ3) is 2.94. The normalized spacial score (nSPS) is 18.8. The van der Waals surface area contributed by atoms with Crippen LogP contribution < -0.4 is 0 Å². The molecule has 0 N–H and O–H groups in total. The van der Waals surface area contributed by atoms with E-state index in [0.717, 1.165) is 56.3 Å². The summed E-state index contributed by atoms with van der Waals surface area (Å²) in [7, 11) is 0. The Labute approximate surface area is 134 Å². The highest BCUT2D eigenvalue weighted by molar-refractivity contribution is 7.07. The number of nitrogens with zero attached hydrogens (tertiary/aromatic N) is 5. The first-order valence-corrected chi connectivity index (χ1v) is 8.81. The van der Waals surface area contributed by atoms with Gasteiger partial charge < -0.3 is 0 Å². The van der Waals surface area contributed by atoms with Crippen molar-refractivity contribution < 1.29 is 0 Å². The summed E-state index contributed by atoms with van der Waals surface area (Å²) in [6.45, 7) is 3.79. The van der Waals surface area contributed by atoms with Crippen LogP contribution in [0.15, 0.2) is 22.1 Å². The zero-order valence-corrected chi connectivity index (χ0v) is 13.3. The van der Waals surface area contributed by atoms with Crippen LogP contribution in [0.2, 0.25) is 0 Å². The molecule has 0 amide bonds. The summed E-state index contributed by atoms with van der Waals surface area (Å²) in [5, 5.41) is 2.12. The smallest absolute Gasteiger partial charge is 0.173 e. The molecular formula is C16H19N5S. The van der Waals surface area contributed by atoms with E-state index >= 15 is 0 Å². The zero-order valence-electron chi connectivity index (χ0n) is 12.5. The Balaban J connectivity index is 1.50. The van der Waals surface area contributed by atoms with Crippen molar-refractivity contribution in [2.24, 2.45) is 4.99 Å². The quantitative estimate of drug-likeness (QED) is 0.873. The van der Waals surface area contributed by atoms with E-state index in [0.29, 0.717) is 0 Å². The summed E-state index contributed by atoms with van der Waals surface area (Å²) in [6, 6.07) is 0. The lowest BCUT2D eigenvalue weighted by Gasteiger charge is -2.27. The predicted molar refractivity (Wildman–Crippen MR) is 87.2 cm³/mol. The van der Waals surface area contributed by atoms with Gasteiger partial charge in [-0.3, -0.25) is 9.89 Å². The van der Waals surface area contributed by atoms with Crippen LogP contribution in [0.4, 0.5) is 0 Å². The second-order valence-electron chi connectivity index (χ2n) is 5.89. The Hall–Kier alpha value is -1.66. The second kappa shape index (κ2) is 6.22. The van der Waals surface area contributed by atoms with Gasteiger partial charge >= 0.3 is 0 Å². The molecule has 2 aliphatic rings. The van der Waals surface area contributed by atoms with Gasteiger partial charge in [0.1, 0.15) is 0 Å². The van der Waals surface area contributed by atoms with Gasteiger partial charge in [-0.15, -0.1) is 11.3 Å². The van der Waals surface area contributed by atoms with Crippen molar-refractivity contribution in [2.45, 2.75) is 38.8 Å². The highest BCUT2D eigenvalue weighted by Gasteiger charge is 2.20. The SMILES string of the molecule is c1nc(CN2CCc3nc(C4=NCCCC4)ncc3C2)cs1. The Morgan fingerprint density at radius 1 is 1.18 bits per heavy atom. The molecule has 22 heavy (non-hydrogen) atoms. The van der Waals surface area contributed by atoms with Crippen LogP contribution in [0, 0.1) is 0 Å². The average molecular weight is 313 g/mol. The van der Waals surface area contributed by atoms with E-state index in [9.17, 15) is 0 Å². The van der Waals surface area contributed by atoms with Gasteiger partial charge in [-0.05, 0) is 19.3 Å². The fraction of sp³-hybridized carbons (Fsp3) is 0.500. The molecule has 6 heteroatoms. The Morgan fingerprint density at radius 2 is 2.18 bits per heavy atom. The molecule has 0 unspecified atom stereocenters. The van der Waals surface area contributed by atoms with Gasteiger partial charge in [0.15, 0.2) is 5.82 Å². The van der Waals surface area contributed by atoms with Crippen LogP contribution in [0.5, 0.6) is 0 Å². The maximum absolute atomic E-state index is 4.79. The summed E-state index contributed by atoms with van der Waals surface area (Å²) < 4.78 is 0. The number of aliphatic imine (C=N–C) groups is 1. The third-order valence-corrected chi connectivity index (χ3v) is 4.90. The lowest BCUT2D eigenvalue weighted by atomic mass is 10.1. The van der Waals surface area contributed by atoms with Crippen LogP contribution in [-0.4, -0.2) is 38.7 Å². The van der Waals surface area contributed by atoms with Crippen LogP contribution in [-0.2, 0) is 19.5 Å². The summed E-state index contributed by atoms with van der Waals surface area (Å²) in [5.74, 6) is 0.853. The summed E-state index contributed by atoms with van der Waals surface area (Å²) in [5.41, 5.74) is 6.60. The number of thiazole rings is 1. The fourth-order valence-corrected chi connectivity index (χ4v) is 3.62. The van der Waals surface area contributed by atoms with Crippen molar-refractivity contribution in [3.05, 3.63) is 39.9 Å². The molecule has 0 aromatic carbocycles. The van der Waals surface area contributed by atoms with Crippen LogP contribution in [0.1, 0.15) is 42.0 Å². The zero-order chi connectivity index (χ0) is 14.8. The Kier molecular flexibility index (Phi) is 3.95. The standard InChI is InChI=1S/C16H19N5S/c1-2-5-17-15(3-1)16-18-7-12-8-21(6-4-14(12)20-16)9-13-10-22-11-19-13/h7,10-11H,1-6,8-9H2. The van der Waals surface area contributed by atoms with Gasteiger partial charge in [0.2, 0.25) is 0 Å². The van der Waals surface area contributed by atoms with Gasteiger partial charge in [0.25, 0.3) is 0 Å². The summed E-state index contributed by atoms with van der Waals surface area (Å²) in [4.78, 5) is 20.7. The largest absolute Gasteiger partial charge is 0.293 e. The summed E-state index contributed by atoms with van der Waals surface area (Å²) in [6.07, 6.45) is 6.42. The van der Waals surface area contributed by atoms with Crippen LogP contribution >= 0.6 is 11.3 Å². The first-order chi connectivity index (χ1) is 10.9. The van der Waals surface area contributed by atoms with E-state index in [4.69, 9.17) is 4.98 Å². The van der Waals surface area contributed by atoms with Gasteiger partial charge in [-0.2, -0.15) is 0 Å². The van der Waals surface area contributed by atoms with Gasteiger partial charge in [0, 0.05) is 49.7 Å². The fourth-order valence-electron chi connectivity index (χ4n) is 3.07. The van der Waals surface area contributed by atoms with E-state index in [1.165, 1.54) is 24.1 Å². The van der Waals surface area contributed by atoms with Crippen molar-refractivity contribution in [3.8, 4) is 0 Å². The monoisotopic (exact) mass is 313 g/mol. The Bertz CT molecular complexity index is 680. The highest BCUT2D eigenvalue weighted by Crippen LogP contribution is 2.20. The molecular weight excluding hydrogens is 294 g/mol. The van der Waals surface area contributed by atoms with Gasteiger partial charge in [-0.25, -0.2) is 15.0 Å². The highest BCUT2D eigenvalue weighted by atomic mass is 32.1. The molecule has 4 heterocycles. The first kappa shape index (κ1) is 14.0. The molecule has 0 spiro atoms. The van der Waals surface area contributed by atoms with Crippen LogP contribution in [0.25, 0.3) is 0 Å². The van der Waals surface area contributed by atoms with E-state index in [2.05, 4.69) is 25.2 Å². The molecule has 0 saturated carbocycles. The van der Waals surface area contributed by atoms with E-state index in [-0.39, 0.29) is 0 Å². The molecule has 0 fully saturated rings. The molecule has 0 atom stereocenters.